The highest BCUT2D eigenvalue weighted by molar-refractivity contribution is 5.92. The second-order valence-electron chi connectivity index (χ2n) is 7.19. The van der Waals surface area contributed by atoms with Crippen LogP contribution in [0.1, 0.15) is 44.8 Å². The highest BCUT2D eigenvalue weighted by atomic mass is 16.5. The first-order valence-electron chi connectivity index (χ1n) is 9.07. The Morgan fingerprint density at radius 3 is 2.57 bits per heavy atom. The van der Waals surface area contributed by atoms with Gasteiger partial charge in [0.25, 0.3) is 5.91 Å². The minimum atomic E-state index is -0.0377. The molecule has 0 radical (unpaired) electrons. The topological polar surface area (TPSA) is 64.0 Å². The number of aryl methyl sites for hydroxylation is 1. The third-order valence-corrected chi connectivity index (χ3v) is 5.59. The quantitative estimate of drug-likeness (QED) is 0.695. The molecule has 0 saturated carbocycles. The zero-order valence-corrected chi connectivity index (χ0v) is 14.4. The monoisotopic (exact) mass is 322 g/mol. The van der Waals surface area contributed by atoms with Crippen LogP contribution < -0.4 is 15.1 Å². The van der Waals surface area contributed by atoms with Gasteiger partial charge in [0, 0.05) is 18.9 Å². The maximum absolute atomic E-state index is 12.4. The third-order valence-electron chi connectivity index (χ3n) is 5.59. The van der Waals surface area contributed by atoms with Crippen LogP contribution in [0.15, 0.2) is 10.6 Å². The van der Waals surface area contributed by atoms with E-state index < -0.39 is 0 Å². The molecule has 3 rings (SSSR count). The number of anilines is 1. The van der Waals surface area contributed by atoms with E-state index in [2.05, 4.69) is 10.5 Å². The number of nitrogens with one attached hydrogen (secondary N) is 3. The molecule has 2 aliphatic heterocycles. The van der Waals surface area contributed by atoms with Crippen molar-refractivity contribution in [2.45, 2.75) is 58.0 Å². The molecule has 1 aromatic heterocycles. The van der Waals surface area contributed by atoms with E-state index in [1.165, 1.54) is 50.1 Å². The van der Waals surface area contributed by atoms with E-state index in [0.717, 1.165) is 19.1 Å². The molecule has 6 nitrogen and oxygen atoms in total. The standard InChI is InChI=1S/C17H28N4O2/c1-13-12-16(19-23-13)18-17(22)14(2)20-10-6-15(7-11-20)21-8-4-3-5-9-21/h12,14-15H,3-11H2,1-2H3,(H,18,19,22)/p+2/t14-/m0/s1. The van der Waals surface area contributed by atoms with Crippen LogP contribution in [0.3, 0.4) is 0 Å². The van der Waals surface area contributed by atoms with Crippen molar-refractivity contribution in [3.63, 3.8) is 0 Å². The molecule has 6 heteroatoms. The zero-order valence-electron chi connectivity index (χ0n) is 14.4. The van der Waals surface area contributed by atoms with E-state index in [1.54, 1.807) is 6.07 Å². The van der Waals surface area contributed by atoms with Crippen LogP contribution >= 0.6 is 0 Å². The summed E-state index contributed by atoms with van der Waals surface area (Å²) in [7, 11) is 0. The number of carbonyl (C=O) groups excluding carboxylic acids is 1. The van der Waals surface area contributed by atoms with Gasteiger partial charge in [-0.3, -0.25) is 4.79 Å². The summed E-state index contributed by atoms with van der Waals surface area (Å²) in [6, 6.07) is 2.53. The van der Waals surface area contributed by atoms with Crippen molar-refractivity contribution >= 4 is 11.7 Å². The number of hydrogen-bond acceptors (Lipinski definition) is 3. The molecule has 2 aliphatic rings. The van der Waals surface area contributed by atoms with E-state index >= 15 is 0 Å². The fraction of sp³-hybridized carbons (Fsp3) is 0.765. The van der Waals surface area contributed by atoms with Crippen molar-refractivity contribution in [3.8, 4) is 0 Å². The van der Waals surface area contributed by atoms with Gasteiger partial charge in [-0.25, -0.2) is 0 Å². The smallest absolute Gasteiger partial charge is 0.283 e. The average molecular weight is 322 g/mol. The first-order chi connectivity index (χ1) is 11.1. The molecule has 0 spiro atoms. The van der Waals surface area contributed by atoms with E-state index in [9.17, 15) is 4.79 Å². The minimum Gasteiger partial charge on any atom is -0.360 e. The first-order valence-corrected chi connectivity index (χ1v) is 9.07. The van der Waals surface area contributed by atoms with Gasteiger partial charge in [-0.05, 0) is 33.1 Å². The Morgan fingerprint density at radius 1 is 1.26 bits per heavy atom. The van der Waals surface area contributed by atoms with Crippen molar-refractivity contribution in [3.05, 3.63) is 11.8 Å². The summed E-state index contributed by atoms with van der Waals surface area (Å²) in [6.45, 7) is 8.74. The Labute approximate surface area is 138 Å². The molecule has 1 atom stereocenters. The minimum absolute atomic E-state index is 0.0377. The van der Waals surface area contributed by atoms with Crippen LogP contribution in [0.2, 0.25) is 0 Å². The second-order valence-corrected chi connectivity index (χ2v) is 7.19. The van der Waals surface area contributed by atoms with Crippen LogP contribution in [-0.2, 0) is 4.79 Å². The number of likely N-dealkylation sites (tertiary alicyclic amines) is 2. The summed E-state index contributed by atoms with van der Waals surface area (Å²) in [4.78, 5) is 15.6. The Kier molecular flexibility index (Phi) is 5.33. The lowest BCUT2D eigenvalue weighted by Crippen LogP contribution is -3.22. The lowest BCUT2D eigenvalue weighted by molar-refractivity contribution is -0.965. The van der Waals surface area contributed by atoms with Crippen LogP contribution in [0.25, 0.3) is 0 Å². The molecule has 0 bridgehead atoms. The van der Waals surface area contributed by atoms with Gasteiger partial charge in [0.1, 0.15) is 5.76 Å². The molecule has 23 heavy (non-hydrogen) atoms. The number of carbonyl (C=O) groups is 1. The number of quaternary nitrogens is 2. The third kappa shape index (κ3) is 4.12. The molecule has 0 aliphatic carbocycles. The van der Waals surface area contributed by atoms with Crippen LogP contribution in [-0.4, -0.2) is 49.3 Å². The lowest BCUT2D eigenvalue weighted by atomic mass is 9.99. The predicted octanol–water partition coefficient (Wildman–Crippen LogP) is -0.574. The van der Waals surface area contributed by atoms with Crippen molar-refractivity contribution in [1.29, 1.82) is 0 Å². The first kappa shape index (κ1) is 16.5. The van der Waals surface area contributed by atoms with E-state index in [-0.39, 0.29) is 11.9 Å². The number of nitrogens with zero attached hydrogens (tertiary/aromatic N) is 1. The zero-order chi connectivity index (χ0) is 16.2. The maximum Gasteiger partial charge on any atom is 0.283 e. The number of aromatic nitrogens is 1. The van der Waals surface area contributed by atoms with Crippen LogP contribution in [0, 0.1) is 6.92 Å². The van der Waals surface area contributed by atoms with Gasteiger partial charge >= 0.3 is 0 Å². The number of piperidine rings is 2. The van der Waals surface area contributed by atoms with Gasteiger partial charge in [-0.15, -0.1) is 0 Å². The highest BCUT2D eigenvalue weighted by Crippen LogP contribution is 2.07. The molecular formula is C17H30N4O2+2. The summed E-state index contributed by atoms with van der Waals surface area (Å²) < 4.78 is 5.00. The van der Waals surface area contributed by atoms with Gasteiger partial charge in [0.2, 0.25) is 0 Å². The SMILES string of the molecule is Cc1cc(NC(=O)[C@H](C)[NH+]2CCC([NH+]3CCCCC3)CC2)no1. The van der Waals surface area contributed by atoms with Crippen molar-refractivity contribution in [2.24, 2.45) is 0 Å². The highest BCUT2D eigenvalue weighted by Gasteiger charge is 2.34. The predicted molar refractivity (Wildman–Crippen MR) is 87.6 cm³/mol. The molecule has 2 fully saturated rings. The lowest BCUT2D eigenvalue weighted by Gasteiger charge is -2.37. The molecule has 0 aromatic carbocycles. The normalized spacial score (nSPS) is 27.6. The largest absolute Gasteiger partial charge is 0.360 e. The fourth-order valence-electron chi connectivity index (χ4n) is 4.09. The van der Waals surface area contributed by atoms with Crippen molar-refractivity contribution < 1.29 is 19.1 Å². The molecule has 3 N–H and O–H groups in total. The van der Waals surface area contributed by atoms with E-state index in [0.29, 0.717) is 11.6 Å². The summed E-state index contributed by atoms with van der Waals surface area (Å²) in [6.07, 6.45) is 6.67. The van der Waals surface area contributed by atoms with E-state index in [4.69, 9.17) is 4.52 Å². The summed E-state index contributed by atoms with van der Waals surface area (Å²) in [5.41, 5.74) is 0. The van der Waals surface area contributed by atoms with Crippen molar-refractivity contribution in [1.82, 2.24) is 5.16 Å². The fourth-order valence-corrected chi connectivity index (χ4v) is 4.09. The average Bonchev–Trinajstić information content (AvgIpc) is 3.00. The molecule has 2 saturated heterocycles. The van der Waals surface area contributed by atoms with Gasteiger partial charge in [0.15, 0.2) is 11.9 Å². The Balaban J connectivity index is 1.47. The summed E-state index contributed by atoms with van der Waals surface area (Å²) in [5.74, 6) is 1.27. The molecular weight excluding hydrogens is 292 g/mol. The van der Waals surface area contributed by atoms with Gasteiger partial charge < -0.3 is 19.6 Å². The number of hydrogen-bond donors (Lipinski definition) is 3. The Morgan fingerprint density at radius 2 is 1.96 bits per heavy atom. The molecule has 128 valence electrons. The molecule has 1 amide bonds. The van der Waals surface area contributed by atoms with E-state index in [1.807, 2.05) is 18.7 Å². The number of rotatable bonds is 4. The second kappa shape index (κ2) is 7.45. The van der Waals surface area contributed by atoms with Crippen LogP contribution in [0.4, 0.5) is 5.82 Å². The van der Waals surface area contributed by atoms with Crippen molar-refractivity contribution in [2.75, 3.05) is 31.5 Å². The van der Waals surface area contributed by atoms with Crippen LogP contribution in [0.5, 0.6) is 0 Å². The molecule has 3 heterocycles. The summed E-state index contributed by atoms with van der Waals surface area (Å²) in [5, 5.41) is 6.70. The van der Waals surface area contributed by atoms with Gasteiger partial charge in [-0.1, -0.05) is 5.16 Å². The number of amides is 1. The Bertz CT molecular complexity index is 516. The Hall–Kier alpha value is -1.40. The summed E-state index contributed by atoms with van der Waals surface area (Å²) >= 11 is 0. The molecule has 1 aromatic rings. The molecule has 0 unspecified atom stereocenters. The van der Waals surface area contributed by atoms with Gasteiger partial charge in [-0.2, -0.15) is 0 Å². The van der Waals surface area contributed by atoms with Gasteiger partial charge in [0.05, 0.1) is 32.2 Å². The maximum atomic E-state index is 12.4.